The van der Waals surface area contributed by atoms with Crippen molar-refractivity contribution in [2.45, 2.75) is 26.7 Å². The van der Waals surface area contributed by atoms with Crippen LogP contribution in [-0.2, 0) is 12.8 Å². The highest BCUT2D eigenvalue weighted by molar-refractivity contribution is 5.57. The molecule has 7 nitrogen and oxygen atoms in total. The Balaban J connectivity index is 1.73. The Morgan fingerprint density at radius 1 is 1.03 bits per heavy atom. The number of nitrogens with one attached hydrogen (secondary N) is 1. The normalized spacial score (nSPS) is 13.2. The number of nitriles is 2. The Labute approximate surface area is 200 Å². The minimum absolute atomic E-state index is 0.444. The standard InChI is InChI=1S/C27H26N6O/c1-4-11-33-12-9-23-24(10-13-33)31-27(30-22-7-5-20(16-28)6-8-22)32-26(23)34-25-18(2)14-21(17-29)15-19(25)3/h4-8,14-15H,1,9-13H2,2-3H3,(H,30,31,32). The van der Waals surface area contributed by atoms with E-state index >= 15 is 0 Å². The van der Waals surface area contributed by atoms with E-state index in [4.69, 9.17) is 20.0 Å². The molecule has 0 fully saturated rings. The summed E-state index contributed by atoms with van der Waals surface area (Å²) in [5.41, 5.74) is 5.70. The molecular formula is C27H26N6O. The van der Waals surface area contributed by atoms with Gasteiger partial charge in [0.2, 0.25) is 11.8 Å². The number of hydrogen-bond acceptors (Lipinski definition) is 7. The average Bonchev–Trinajstić information content (AvgIpc) is 3.04. The molecule has 34 heavy (non-hydrogen) atoms. The molecular weight excluding hydrogens is 424 g/mol. The van der Waals surface area contributed by atoms with E-state index in [0.29, 0.717) is 28.7 Å². The van der Waals surface area contributed by atoms with Crippen molar-refractivity contribution >= 4 is 11.6 Å². The van der Waals surface area contributed by atoms with Gasteiger partial charge in [-0.05, 0) is 67.8 Å². The molecule has 0 saturated heterocycles. The van der Waals surface area contributed by atoms with Gasteiger partial charge in [-0.3, -0.25) is 4.90 Å². The van der Waals surface area contributed by atoms with Crippen LogP contribution in [0.15, 0.2) is 49.1 Å². The van der Waals surface area contributed by atoms with Gasteiger partial charge >= 0.3 is 0 Å². The van der Waals surface area contributed by atoms with Crippen molar-refractivity contribution in [1.82, 2.24) is 14.9 Å². The highest BCUT2D eigenvalue weighted by Crippen LogP contribution is 2.34. The monoisotopic (exact) mass is 450 g/mol. The van der Waals surface area contributed by atoms with E-state index in [9.17, 15) is 5.26 Å². The number of aryl methyl sites for hydroxylation is 2. The topological polar surface area (TPSA) is 97.9 Å². The molecule has 0 saturated carbocycles. The summed E-state index contributed by atoms with van der Waals surface area (Å²) < 4.78 is 6.42. The van der Waals surface area contributed by atoms with Crippen molar-refractivity contribution in [1.29, 1.82) is 10.5 Å². The van der Waals surface area contributed by atoms with Crippen LogP contribution in [0.4, 0.5) is 11.6 Å². The lowest BCUT2D eigenvalue weighted by Gasteiger charge is -2.17. The van der Waals surface area contributed by atoms with E-state index in [0.717, 1.165) is 60.5 Å². The number of anilines is 2. The minimum atomic E-state index is 0.444. The van der Waals surface area contributed by atoms with Crippen molar-refractivity contribution < 1.29 is 4.74 Å². The summed E-state index contributed by atoms with van der Waals surface area (Å²) in [5, 5.41) is 21.6. The van der Waals surface area contributed by atoms with Gasteiger partial charge in [0, 0.05) is 37.3 Å². The van der Waals surface area contributed by atoms with E-state index in [1.807, 2.05) is 44.2 Å². The summed E-state index contributed by atoms with van der Waals surface area (Å²) >= 11 is 0. The largest absolute Gasteiger partial charge is 0.438 e. The van der Waals surface area contributed by atoms with Crippen LogP contribution in [0.3, 0.4) is 0 Å². The molecule has 2 heterocycles. The lowest BCUT2D eigenvalue weighted by molar-refractivity contribution is 0.317. The first-order chi connectivity index (χ1) is 16.5. The number of rotatable bonds is 6. The predicted octanol–water partition coefficient (Wildman–Crippen LogP) is 4.96. The molecule has 1 N–H and O–H groups in total. The Bertz CT molecular complexity index is 1280. The highest BCUT2D eigenvalue weighted by atomic mass is 16.5. The molecule has 0 amide bonds. The van der Waals surface area contributed by atoms with Gasteiger partial charge in [0.25, 0.3) is 0 Å². The first-order valence-electron chi connectivity index (χ1n) is 11.2. The van der Waals surface area contributed by atoms with Crippen LogP contribution in [0.5, 0.6) is 11.6 Å². The van der Waals surface area contributed by atoms with Crippen molar-refractivity contribution in [3.63, 3.8) is 0 Å². The second kappa shape index (κ2) is 10.2. The maximum Gasteiger partial charge on any atom is 0.230 e. The number of benzene rings is 2. The number of nitrogens with zero attached hydrogens (tertiary/aromatic N) is 5. The van der Waals surface area contributed by atoms with Crippen LogP contribution < -0.4 is 10.1 Å². The number of fused-ring (bicyclic) bond motifs is 1. The Morgan fingerprint density at radius 2 is 1.71 bits per heavy atom. The quantitative estimate of drug-likeness (QED) is 0.530. The third-order valence-corrected chi connectivity index (χ3v) is 5.84. The van der Waals surface area contributed by atoms with Gasteiger partial charge in [0.05, 0.1) is 29.0 Å². The molecule has 1 aliphatic heterocycles. The SMILES string of the molecule is C=CCN1CCc2nc(Nc3ccc(C#N)cc3)nc(Oc3c(C)cc(C#N)cc3C)c2CC1. The van der Waals surface area contributed by atoms with E-state index in [1.165, 1.54) is 0 Å². The van der Waals surface area contributed by atoms with Crippen LogP contribution in [0.1, 0.15) is 33.5 Å². The van der Waals surface area contributed by atoms with Crippen molar-refractivity contribution in [2.75, 3.05) is 25.0 Å². The lowest BCUT2D eigenvalue weighted by Crippen LogP contribution is -2.26. The van der Waals surface area contributed by atoms with Crippen molar-refractivity contribution in [2.24, 2.45) is 0 Å². The van der Waals surface area contributed by atoms with E-state index in [1.54, 1.807) is 12.1 Å². The van der Waals surface area contributed by atoms with E-state index < -0.39 is 0 Å². The van der Waals surface area contributed by atoms with Gasteiger partial charge in [-0.1, -0.05) is 6.08 Å². The highest BCUT2D eigenvalue weighted by Gasteiger charge is 2.22. The molecule has 7 heteroatoms. The molecule has 1 aromatic heterocycles. The molecule has 1 aliphatic rings. The first kappa shape index (κ1) is 23.0. The maximum absolute atomic E-state index is 9.29. The number of aromatic nitrogens is 2. The summed E-state index contributed by atoms with van der Waals surface area (Å²) in [5.74, 6) is 1.67. The van der Waals surface area contributed by atoms with Gasteiger partial charge in [-0.15, -0.1) is 6.58 Å². The van der Waals surface area contributed by atoms with Gasteiger partial charge in [0.1, 0.15) is 5.75 Å². The third-order valence-electron chi connectivity index (χ3n) is 5.84. The van der Waals surface area contributed by atoms with E-state index in [2.05, 4.69) is 28.9 Å². The van der Waals surface area contributed by atoms with Crippen LogP contribution >= 0.6 is 0 Å². The molecule has 0 atom stereocenters. The van der Waals surface area contributed by atoms with Gasteiger partial charge in [-0.2, -0.15) is 15.5 Å². The van der Waals surface area contributed by atoms with Crippen molar-refractivity contribution in [3.8, 4) is 23.8 Å². The zero-order valence-electron chi connectivity index (χ0n) is 19.4. The molecule has 2 aromatic carbocycles. The maximum atomic E-state index is 9.29. The third kappa shape index (κ3) is 5.06. The zero-order chi connectivity index (χ0) is 24.1. The van der Waals surface area contributed by atoms with E-state index in [-0.39, 0.29) is 0 Å². The Kier molecular flexibility index (Phi) is 6.87. The molecule has 0 radical (unpaired) electrons. The fourth-order valence-electron chi connectivity index (χ4n) is 4.15. The fraction of sp³-hybridized carbons (Fsp3) is 0.259. The molecule has 3 aromatic rings. The Morgan fingerprint density at radius 3 is 2.35 bits per heavy atom. The molecule has 0 aliphatic carbocycles. The number of ether oxygens (including phenoxy) is 1. The fourth-order valence-corrected chi connectivity index (χ4v) is 4.15. The second-order valence-electron chi connectivity index (χ2n) is 8.33. The molecule has 0 spiro atoms. The first-order valence-corrected chi connectivity index (χ1v) is 11.2. The summed E-state index contributed by atoms with van der Waals surface area (Å²) in [6.45, 7) is 10.3. The molecule has 0 unspecified atom stereocenters. The summed E-state index contributed by atoms with van der Waals surface area (Å²) in [6.07, 6.45) is 3.46. The van der Waals surface area contributed by atoms with Gasteiger partial charge < -0.3 is 10.1 Å². The van der Waals surface area contributed by atoms with Crippen LogP contribution in [-0.4, -0.2) is 34.5 Å². The smallest absolute Gasteiger partial charge is 0.230 e. The summed E-state index contributed by atoms with van der Waals surface area (Å²) in [6, 6.07) is 15.1. The van der Waals surface area contributed by atoms with Crippen LogP contribution in [0, 0.1) is 36.5 Å². The summed E-state index contributed by atoms with van der Waals surface area (Å²) in [4.78, 5) is 11.9. The minimum Gasteiger partial charge on any atom is -0.438 e. The van der Waals surface area contributed by atoms with Gasteiger partial charge in [-0.25, -0.2) is 4.98 Å². The zero-order valence-corrected chi connectivity index (χ0v) is 19.4. The molecule has 170 valence electrons. The second-order valence-corrected chi connectivity index (χ2v) is 8.33. The van der Waals surface area contributed by atoms with Crippen LogP contribution in [0.25, 0.3) is 0 Å². The number of hydrogen-bond donors (Lipinski definition) is 1. The van der Waals surface area contributed by atoms with Crippen LogP contribution in [0.2, 0.25) is 0 Å². The lowest BCUT2D eigenvalue weighted by atomic mass is 10.1. The Hall–Kier alpha value is -4.20. The molecule has 4 rings (SSSR count). The van der Waals surface area contributed by atoms with Crippen molar-refractivity contribution in [3.05, 3.63) is 82.6 Å². The average molecular weight is 451 g/mol. The summed E-state index contributed by atoms with van der Waals surface area (Å²) in [7, 11) is 0. The van der Waals surface area contributed by atoms with Gasteiger partial charge in [0.15, 0.2) is 0 Å². The molecule has 0 bridgehead atoms. The predicted molar refractivity (Wildman–Crippen MR) is 131 cm³/mol.